The van der Waals surface area contributed by atoms with E-state index in [4.69, 9.17) is 0 Å². The van der Waals surface area contributed by atoms with Crippen LogP contribution in [0.25, 0.3) is 17.3 Å². The Balaban J connectivity index is 1.20. The van der Waals surface area contributed by atoms with Gasteiger partial charge in [-0.3, -0.25) is 19.4 Å². The number of pyridine rings is 1. The standard InChI is InChI=1S/C38H28BrN5O3S2/c39-29-18-16-26(17-19-29)33-24-48-38(43-33)44-37(47)34(27-10-3-1-4-11-27)49-31-15-7-14-30(22-31)41-36(46)32(21-25-9-8-20-40-23-25)42-35(45)28-12-5-2-6-13-28/h1-24,34H,(H,41,46)(H,42,45)(H,43,44,47)/b32-21-. The molecule has 0 fully saturated rings. The molecule has 0 bridgehead atoms. The SMILES string of the molecule is O=C(Nc1cccc(SC(C(=O)Nc2nc(-c3ccc(Br)cc3)cs2)c2ccccc2)c1)/C(=C/c1cccnc1)NC(=O)c1ccccc1. The van der Waals surface area contributed by atoms with E-state index in [1.807, 2.05) is 72.1 Å². The van der Waals surface area contributed by atoms with Crippen LogP contribution in [-0.2, 0) is 9.59 Å². The molecule has 0 aliphatic carbocycles. The summed E-state index contributed by atoms with van der Waals surface area (Å²) in [6.07, 6.45) is 4.80. The number of aromatic nitrogens is 2. The summed E-state index contributed by atoms with van der Waals surface area (Å²) in [7, 11) is 0. The van der Waals surface area contributed by atoms with E-state index in [0.717, 1.165) is 26.2 Å². The molecular weight excluding hydrogens is 718 g/mol. The summed E-state index contributed by atoms with van der Waals surface area (Å²) in [6.45, 7) is 0. The van der Waals surface area contributed by atoms with Gasteiger partial charge < -0.3 is 16.0 Å². The second kappa shape index (κ2) is 16.2. The highest BCUT2D eigenvalue weighted by Gasteiger charge is 2.24. The molecule has 6 aromatic rings. The fourth-order valence-electron chi connectivity index (χ4n) is 4.71. The van der Waals surface area contributed by atoms with Crippen molar-refractivity contribution < 1.29 is 14.4 Å². The normalized spacial score (nSPS) is 11.7. The van der Waals surface area contributed by atoms with Gasteiger partial charge in [0.2, 0.25) is 5.91 Å². The number of carbonyl (C=O) groups excluding carboxylic acids is 3. The smallest absolute Gasteiger partial charge is 0.272 e. The fourth-order valence-corrected chi connectivity index (χ4v) is 6.78. The molecule has 3 amide bonds. The van der Waals surface area contributed by atoms with E-state index in [0.29, 0.717) is 21.9 Å². The molecule has 0 aliphatic heterocycles. The summed E-state index contributed by atoms with van der Waals surface area (Å²) in [4.78, 5) is 49.8. The Bertz CT molecular complexity index is 2090. The Hall–Kier alpha value is -5.36. The van der Waals surface area contributed by atoms with Gasteiger partial charge in [0.05, 0.1) is 5.69 Å². The van der Waals surface area contributed by atoms with E-state index < -0.39 is 17.1 Å². The largest absolute Gasteiger partial charge is 0.321 e. The van der Waals surface area contributed by atoms with Crippen molar-refractivity contribution >= 4 is 73.6 Å². The van der Waals surface area contributed by atoms with Gasteiger partial charge in [0, 0.05) is 44.0 Å². The van der Waals surface area contributed by atoms with Crippen molar-refractivity contribution in [1.29, 1.82) is 0 Å². The van der Waals surface area contributed by atoms with Crippen molar-refractivity contribution in [2.75, 3.05) is 10.6 Å². The second-order valence-corrected chi connectivity index (χ2v) is 13.5. The monoisotopic (exact) mass is 745 g/mol. The van der Waals surface area contributed by atoms with Crippen molar-refractivity contribution in [1.82, 2.24) is 15.3 Å². The van der Waals surface area contributed by atoms with Gasteiger partial charge >= 0.3 is 0 Å². The number of nitrogens with zero attached hydrogens (tertiary/aromatic N) is 2. The molecule has 2 heterocycles. The molecule has 4 aromatic carbocycles. The van der Waals surface area contributed by atoms with Gasteiger partial charge in [-0.15, -0.1) is 23.1 Å². The average Bonchev–Trinajstić information content (AvgIpc) is 3.60. The molecule has 8 nitrogen and oxygen atoms in total. The van der Waals surface area contributed by atoms with Gasteiger partial charge in [0.1, 0.15) is 10.9 Å². The zero-order valence-corrected chi connectivity index (χ0v) is 29.0. The highest BCUT2D eigenvalue weighted by atomic mass is 79.9. The van der Waals surface area contributed by atoms with E-state index in [-0.39, 0.29) is 11.6 Å². The molecule has 3 N–H and O–H groups in total. The molecule has 0 aliphatic rings. The molecule has 6 rings (SSSR count). The van der Waals surface area contributed by atoms with Crippen molar-refractivity contribution in [3.8, 4) is 11.3 Å². The van der Waals surface area contributed by atoms with Crippen LogP contribution in [0.15, 0.2) is 154 Å². The molecule has 242 valence electrons. The first-order valence-electron chi connectivity index (χ1n) is 15.0. The quantitative estimate of drug-likeness (QED) is 0.0903. The predicted octanol–water partition coefficient (Wildman–Crippen LogP) is 8.85. The van der Waals surface area contributed by atoms with E-state index in [2.05, 4.69) is 41.8 Å². The molecular formula is C38H28BrN5O3S2. The lowest BCUT2D eigenvalue weighted by Gasteiger charge is -2.17. The van der Waals surface area contributed by atoms with Gasteiger partial charge in [-0.25, -0.2) is 4.98 Å². The Morgan fingerprint density at radius 1 is 0.816 bits per heavy atom. The summed E-state index contributed by atoms with van der Waals surface area (Å²) < 4.78 is 0.975. The van der Waals surface area contributed by atoms with Crippen LogP contribution in [0.4, 0.5) is 10.8 Å². The summed E-state index contributed by atoms with van der Waals surface area (Å²) in [5, 5.41) is 10.4. The predicted molar refractivity (Wildman–Crippen MR) is 200 cm³/mol. The lowest BCUT2D eigenvalue weighted by Crippen LogP contribution is -2.30. The maximum Gasteiger partial charge on any atom is 0.272 e. The van der Waals surface area contributed by atoms with Gasteiger partial charge in [0.25, 0.3) is 11.8 Å². The van der Waals surface area contributed by atoms with Gasteiger partial charge in [-0.05, 0) is 65.7 Å². The third-order valence-corrected chi connectivity index (χ3v) is 9.62. The van der Waals surface area contributed by atoms with E-state index in [1.165, 1.54) is 23.1 Å². The van der Waals surface area contributed by atoms with Gasteiger partial charge in [-0.2, -0.15) is 0 Å². The van der Waals surface area contributed by atoms with Crippen molar-refractivity contribution in [3.05, 3.63) is 166 Å². The third kappa shape index (κ3) is 9.17. The van der Waals surface area contributed by atoms with Crippen LogP contribution >= 0.6 is 39.0 Å². The van der Waals surface area contributed by atoms with Crippen molar-refractivity contribution in [2.24, 2.45) is 0 Å². The maximum atomic E-state index is 13.8. The van der Waals surface area contributed by atoms with Crippen LogP contribution in [0.1, 0.15) is 26.7 Å². The average molecular weight is 747 g/mol. The topological polar surface area (TPSA) is 113 Å². The number of amides is 3. The number of thioether (sulfide) groups is 1. The van der Waals surface area contributed by atoms with E-state index in [9.17, 15) is 14.4 Å². The molecule has 0 radical (unpaired) electrons. The summed E-state index contributed by atoms with van der Waals surface area (Å²) in [5.41, 5.74) is 4.14. The molecule has 0 spiro atoms. The molecule has 0 saturated heterocycles. The Morgan fingerprint density at radius 3 is 2.31 bits per heavy atom. The molecule has 0 saturated carbocycles. The van der Waals surface area contributed by atoms with E-state index in [1.54, 1.807) is 73.1 Å². The number of halogens is 1. The molecule has 11 heteroatoms. The molecule has 2 aromatic heterocycles. The number of nitrogens with one attached hydrogen (secondary N) is 3. The first-order chi connectivity index (χ1) is 23.9. The second-order valence-electron chi connectivity index (χ2n) is 10.6. The summed E-state index contributed by atoms with van der Waals surface area (Å²) in [5.74, 6) is -1.17. The number of carbonyl (C=O) groups is 3. The number of benzene rings is 4. The zero-order chi connectivity index (χ0) is 34.0. The van der Waals surface area contributed by atoms with Crippen molar-refractivity contribution in [3.63, 3.8) is 0 Å². The van der Waals surface area contributed by atoms with Gasteiger partial charge in [-0.1, -0.05) is 88.7 Å². The number of hydrogen-bond donors (Lipinski definition) is 3. The summed E-state index contributed by atoms with van der Waals surface area (Å²) in [6, 6.07) is 36.7. The maximum absolute atomic E-state index is 13.8. The van der Waals surface area contributed by atoms with Crippen molar-refractivity contribution in [2.45, 2.75) is 10.1 Å². The Morgan fingerprint density at radius 2 is 1.57 bits per heavy atom. The first kappa shape index (κ1) is 33.5. The van der Waals surface area contributed by atoms with Gasteiger partial charge in [0.15, 0.2) is 5.13 Å². The Kier molecular flexibility index (Phi) is 11.1. The lowest BCUT2D eigenvalue weighted by atomic mass is 10.1. The Labute approximate surface area is 299 Å². The highest BCUT2D eigenvalue weighted by Crippen LogP contribution is 2.38. The fraction of sp³-hybridized carbons (Fsp3) is 0.0263. The molecule has 49 heavy (non-hydrogen) atoms. The minimum atomic E-state index is -0.613. The van der Waals surface area contributed by atoms with Crippen LogP contribution in [0.3, 0.4) is 0 Å². The third-order valence-electron chi connectivity index (χ3n) is 7.08. The molecule has 1 atom stereocenters. The van der Waals surface area contributed by atoms with Crippen LogP contribution in [0, 0.1) is 0 Å². The van der Waals surface area contributed by atoms with Crippen LogP contribution in [0.5, 0.6) is 0 Å². The summed E-state index contributed by atoms with van der Waals surface area (Å²) >= 11 is 6.16. The number of anilines is 2. The lowest BCUT2D eigenvalue weighted by molar-refractivity contribution is -0.116. The number of thiazole rings is 1. The zero-order valence-electron chi connectivity index (χ0n) is 25.7. The minimum absolute atomic E-state index is 0.0485. The highest BCUT2D eigenvalue weighted by molar-refractivity contribution is 9.10. The number of hydrogen-bond acceptors (Lipinski definition) is 7. The van der Waals surface area contributed by atoms with Crippen LogP contribution in [-0.4, -0.2) is 27.7 Å². The number of rotatable bonds is 11. The minimum Gasteiger partial charge on any atom is -0.321 e. The first-order valence-corrected chi connectivity index (χ1v) is 17.6. The van der Waals surface area contributed by atoms with Crippen LogP contribution in [0.2, 0.25) is 0 Å². The van der Waals surface area contributed by atoms with E-state index >= 15 is 0 Å². The molecule has 1 unspecified atom stereocenters. The van der Waals surface area contributed by atoms with Crippen LogP contribution < -0.4 is 16.0 Å².